The molecule has 82 valence electrons. The maximum atomic E-state index is 10.2. The van der Waals surface area contributed by atoms with Crippen LogP contribution in [-0.2, 0) is 9.59 Å². The zero-order valence-corrected chi connectivity index (χ0v) is 9.46. The summed E-state index contributed by atoms with van der Waals surface area (Å²) in [6, 6.07) is 0. The molecule has 0 spiro atoms. The number of carboxylic acid groups (broad SMARTS) is 1. The van der Waals surface area contributed by atoms with Gasteiger partial charge in [-0.05, 0) is 27.2 Å². The third kappa shape index (κ3) is 17.1. The van der Waals surface area contributed by atoms with Crippen LogP contribution in [0.2, 0.25) is 0 Å². The molecule has 0 aliphatic heterocycles. The molecule has 0 bridgehead atoms. The van der Waals surface area contributed by atoms with Crippen molar-refractivity contribution in [2.24, 2.45) is 0 Å². The Hall–Kier alpha value is -1.12. The van der Waals surface area contributed by atoms with Gasteiger partial charge in [-0.1, -0.05) is 25.8 Å². The van der Waals surface area contributed by atoms with Gasteiger partial charge in [0.15, 0.2) is 0 Å². The number of aliphatic carboxylic acids is 1. The molecule has 0 aromatic rings. The lowest BCUT2D eigenvalue weighted by Crippen LogP contribution is -1.95. The van der Waals surface area contributed by atoms with Crippen molar-refractivity contribution in [1.82, 2.24) is 0 Å². The summed E-state index contributed by atoms with van der Waals surface area (Å²) in [5.41, 5.74) is 0.452. The molecular weight excluding hydrogens is 180 g/mol. The molecule has 3 heteroatoms. The largest absolute Gasteiger partial charge is 0.478 e. The summed E-state index contributed by atoms with van der Waals surface area (Å²) >= 11 is 0. The predicted molar refractivity (Wildman–Crippen MR) is 57.3 cm³/mol. The highest BCUT2D eigenvalue weighted by atomic mass is 16.4. The van der Waals surface area contributed by atoms with Crippen LogP contribution in [0.15, 0.2) is 11.6 Å². The van der Waals surface area contributed by atoms with Crippen LogP contribution >= 0.6 is 0 Å². The van der Waals surface area contributed by atoms with Crippen molar-refractivity contribution in [1.29, 1.82) is 0 Å². The van der Waals surface area contributed by atoms with Crippen molar-refractivity contribution >= 4 is 11.8 Å². The molecule has 3 nitrogen and oxygen atoms in total. The van der Waals surface area contributed by atoms with Gasteiger partial charge in [0.25, 0.3) is 0 Å². The van der Waals surface area contributed by atoms with Gasteiger partial charge in [0.05, 0.1) is 0 Å². The van der Waals surface area contributed by atoms with E-state index in [9.17, 15) is 9.59 Å². The predicted octanol–water partition coefficient (Wildman–Crippen LogP) is 2.80. The van der Waals surface area contributed by atoms with Crippen molar-refractivity contribution in [3.8, 4) is 0 Å². The summed E-state index contributed by atoms with van der Waals surface area (Å²) < 4.78 is 0. The number of ketones is 1. The van der Waals surface area contributed by atoms with Crippen LogP contribution in [0, 0.1) is 0 Å². The molecule has 0 aromatic heterocycles. The third-order valence-electron chi connectivity index (χ3n) is 1.35. The van der Waals surface area contributed by atoms with Gasteiger partial charge in [0.1, 0.15) is 5.78 Å². The zero-order valence-electron chi connectivity index (χ0n) is 9.46. The SMILES string of the molecule is CC(C)=O.CCCCC=C(C)C(=O)O. The Balaban J connectivity index is 0. The standard InChI is InChI=1S/C8H14O2.C3H6O/c1-3-4-5-6-7(2)8(9)10;1-3(2)4/h6H,3-5H2,1-2H3,(H,9,10);1-2H3. The van der Waals surface area contributed by atoms with E-state index in [1.54, 1.807) is 13.0 Å². The first-order valence-electron chi connectivity index (χ1n) is 4.79. The smallest absolute Gasteiger partial charge is 0.330 e. The van der Waals surface area contributed by atoms with Crippen LogP contribution in [0.25, 0.3) is 0 Å². The minimum Gasteiger partial charge on any atom is -0.478 e. The number of hydrogen-bond acceptors (Lipinski definition) is 2. The lowest BCUT2D eigenvalue weighted by molar-refractivity contribution is -0.132. The Morgan fingerprint density at radius 1 is 1.21 bits per heavy atom. The maximum absolute atomic E-state index is 10.2. The van der Waals surface area contributed by atoms with Gasteiger partial charge in [0.2, 0.25) is 0 Å². The van der Waals surface area contributed by atoms with Gasteiger partial charge < -0.3 is 9.90 Å². The quantitative estimate of drug-likeness (QED) is 0.560. The minimum atomic E-state index is -0.809. The van der Waals surface area contributed by atoms with Crippen molar-refractivity contribution in [2.75, 3.05) is 0 Å². The third-order valence-corrected chi connectivity index (χ3v) is 1.35. The van der Waals surface area contributed by atoms with E-state index in [-0.39, 0.29) is 5.78 Å². The molecule has 0 atom stereocenters. The van der Waals surface area contributed by atoms with Crippen LogP contribution in [0.4, 0.5) is 0 Å². The fourth-order valence-electron chi connectivity index (χ4n) is 0.610. The molecule has 1 N–H and O–H groups in total. The van der Waals surface area contributed by atoms with E-state index in [4.69, 9.17) is 5.11 Å². The Labute approximate surface area is 85.8 Å². The van der Waals surface area contributed by atoms with Gasteiger partial charge in [-0.15, -0.1) is 0 Å². The molecule has 0 rings (SSSR count). The van der Waals surface area contributed by atoms with E-state index in [1.807, 2.05) is 0 Å². The highest BCUT2D eigenvalue weighted by Crippen LogP contribution is 2.00. The van der Waals surface area contributed by atoms with Gasteiger partial charge in [-0.25, -0.2) is 4.79 Å². The molecule has 0 fully saturated rings. The highest BCUT2D eigenvalue weighted by molar-refractivity contribution is 5.85. The van der Waals surface area contributed by atoms with E-state index in [1.165, 1.54) is 13.8 Å². The summed E-state index contributed by atoms with van der Waals surface area (Å²) in [6.45, 7) is 6.77. The van der Waals surface area contributed by atoms with Gasteiger partial charge in [-0.2, -0.15) is 0 Å². The first-order valence-corrected chi connectivity index (χ1v) is 4.79. The van der Waals surface area contributed by atoms with Gasteiger partial charge >= 0.3 is 5.97 Å². The molecule has 0 saturated heterocycles. The van der Waals surface area contributed by atoms with Crippen molar-refractivity contribution in [2.45, 2.75) is 47.0 Å². The molecule has 0 aromatic carbocycles. The number of rotatable bonds is 4. The minimum absolute atomic E-state index is 0.167. The molecule has 14 heavy (non-hydrogen) atoms. The first kappa shape index (κ1) is 15.4. The van der Waals surface area contributed by atoms with E-state index in [0.717, 1.165) is 19.3 Å². The number of Topliss-reactive ketones (excluding diaryl/α,β-unsaturated/α-hetero) is 1. The Kier molecular flexibility index (Phi) is 10.9. The Bertz CT molecular complexity index is 201. The van der Waals surface area contributed by atoms with Crippen molar-refractivity contribution < 1.29 is 14.7 Å². The zero-order chi connectivity index (χ0) is 11.6. The van der Waals surface area contributed by atoms with Crippen LogP contribution in [0.5, 0.6) is 0 Å². The van der Waals surface area contributed by atoms with Crippen LogP contribution in [-0.4, -0.2) is 16.9 Å². The molecule has 0 saturated carbocycles. The summed E-state index contributed by atoms with van der Waals surface area (Å²) in [7, 11) is 0. The fraction of sp³-hybridized carbons (Fsp3) is 0.636. The molecular formula is C11H20O3. The normalized spacial score (nSPS) is 10.1. The second-order valence-electron chi connectivity index (χ2n) is 3.24. The number of hydrogen-bond donors (Lipinski definition) is 1. The van der Waals surface area contributed by atoms with Crippen LogP contribution < -0.4 is 0 Å². The van der Waals surface area contributed by atoms with E-state index < -0.39 is 5.97 Å². The fourth-order valence-corrected chi connectivity index (χ4v) is 0.610. The Morgan fingerprint density at radius 2 is 1.64 bits per heavy atom. The summed E-state index contributed by atoms with van der Waals surface area (Å²) in [6.07, 6.45) is 4.84. The second kappa shape index (κ2) is 9.96. The van der Waals surface area contributed by atoms with Crippen molar-refractivity contribution in [3.63, 3.8) is 0 Å². The monoisotopic (exact) mass is 200 g/mol. The topological polar surface area (TPSA) is 54.4 Å². The van der Waals surface area contributed by atoms with Gasteiger partial charge in [0, 0.05) is 5.57 Å². The molecule has 0 aliphatic rings. The van der Waals surface area contributed by atoms with Crippen molar-refractivity contribution in [3.05, 3.63) is 11.6 Å². The summed E-state index contributed by atoms with van der Waals surface area (Å²) in [5.74, 6) is -0.642. The highest BCUT2D eigenvalue weighted by Gasteiger charge is 1.96. The molecule has 0 aliphatic carbocycles. The van der Waals surface area contributed by atoms with Crippen LogP contribution in [0.3, 0.4) is 0 Å². The van der Waals surface area contributed by atoms with E-state index in [2.05, 4.69) is 6.92 Å². The first-order chi connectivity index (χ1) is 6.41. The average Bonchev–Trinajstić information content (AvgIpc) is 2.03. The number of carbonyl (C=O) groups is 2. The molecule has 0 radical (unpaired) electrons. The summed E-state index contributed by atoms with van der Waals surface area (Å²) in [4.78, 5) is 19.7. The molecule has 0 unspecified atom stereocenters. The van der Waals surface area contributed by atoms with E-state index >= 15 is 0 Å². The number of carboxylic acids is 1. The molecule has 0 heterocycles. The van der Waals surface area contributed by atoms with Crippen LogP contribution in [0.1, 0.15) is 47.0 Å². The maximum Gasteiger partial charge on any atom is 0.330 e. The average molecular weight is 200 g/mol. The van der Waals surface area contributed by atoms with Gasteiger partial charge in [-0.3, -0.25) is 0 Å². The summed E-state index contributed by atoms with van der Waals surface area (Å²) in [5, 5.41) is 8.41. The second-order valence-corrected chi connectivity index (χ2v) is 3.24. The number of allylic oxidation sites excluding steroid dienone is 1. The lowest BCUT2D eigenvalue weighted by atomic mass is 10.2. The van der Waals surface area contributed by atoms with E-state index in [0.29, 0.717) is 5.57 Å². The number of carbonyl (C=O) groups excluding carboxylic acids is 1. The molecule has 0 amide bonds. The Morgan fingerprint density at radius 3 is 1.93 bits per heavy atom. The lowest BCUT2D eigenvalue weighted by Gasteiger charge is -1.91. The number of unbranched alkanes of at least 4 members (excludes halogenated alkanes) is 2.